The number of carbonyl (C=O) groups is 1. The van der Waals surface area contributed by atoms with E-state index < -0.39 is 0 Å². The molecule has 2 aromatic carbocycles. The van der Waals surface area contributed by atoms with Crippen molar-refractivity contribution in [3.8, 4) is 0 Å². The van der Waals surface area contributed by atoms with Crippen LogP contribution in [0.3, 0.4) is 0 Å². The number of anilines is 1. The number of aromatic nitrogens is 1. The molecule has 0 unspecified atom stereocenters. The lowest BCUT2D eigenvalue weighted by Crippen LogP contribution is -2.46. The maximum Gasteiger partial charge on any atom is 0.258 e. The van der Waals surface area contributed by atoms with E-state index in [1.807, 2.05) is 23.1 Å². The number of pyridine rings is 1. The molecule has 0 bridgehead atoms. The van der Waals surface area contributed by atoms with E-state index in [4.69, 9.17) is 34.8 Å². The van der Waals surface area contributed by atoms with Crippen molar-refractivity contribution >= 4 is 52.2 Å². The topological polar surface area (TPSA) is 36.4 Å². The highest BCUT2D eigenvalue weighted by molar-refractivity contribution is 6.31. The second-order valence-corrected chi connectivity index (χ2v) is 10.3. The number of rotatable bonds is 4. The molecule has 4 nitrogen and oxygen atoms in total. The van der Waals surface area contributed by atoms with E-state index in [0.717, 1.165) is 37.2 Å². The fraction of sp³-hybridized carbons (Fsp3) is 0.259. The summed E-state index contributed by atoms with van der Waals surface area (Å²) in [4.78, 5) is 21.5. The van der Waals surface area contributed by atoms with Crippen LogP contribution in [0.15, 0.2) is 66.9 Å². The van der Waals surface area contributed by atoms with Gasteiger partial charge in [0.1, 0.15) is 11.0 Å². The second-order valence-electron chi connectivity index (χ2n) is 9.06. The van der Waals surface area contributed by atoms with Crippen molar-refractivity contribution < 1.29 is 9.18 Å². The first kappa shape index (κ1) is 24.3. The Labute approximate surface area is 218 Å². The number of hydrogen-bond acceptors (Lipinski definition) is 3. The zero-order chi connectivity index (χ0) is 24.6. The Morgan fingerprint density at radius 3 is 2.40 bits per heavy atom. The molecule has 1 fully saturated rings. The van der Waals surface area contributed by atoms with Gasteiger partial charge in [0.15, 0.2) is 0 Å². The lowest BCUT2D eigenvalue weighted by Gasteiger charge is -2.39. The van der Waals surface area contributed by atoms with Crippen LogP contribution >= 0.6 is 34.8 Å². The number of likely N-dealkylation sites (tertiary alicyclic amines) is 1. The molecule has 0 saturated carbocycles. The molecular weight excluding hydrogens is 508 g/mol. The van der Waals surface area contributed by atoms with Gasteiger partial charge in [-0.05, 0) is 80.0 Å². The minimum Gasteiger partial charge on any atom is -0.307 e. The van der Waals surface area contributed by atoms with Crippen molar-refractivity contribution in [2.24, 2.45) is 0 Å². The average molecular weight is 531 g/mol. The van der Waals surface area contributed by atoms with Gasteiger partial charge in [-0.15, -0.1) is 0 Å². The van der Waals surface area contributed by atoms with E-state index >= 15 is 0 Å². The van der Waals surface area contributed by atoms with Crippen LogP contribution in [-0.2, 0) is 5.41 Å². The highest BCUT2D eigenvalue weighted by Crippen LogP contribution is 2.48. The monoisotopic (exact) mass is 529 g/mol. The number of benzene rings is 2. The van der Waals surface area contributed by atoms with Crippen molar-refractivity contribution in [2.45, 2.75) is 18.3 Å². The molecule has 1 spiro atoms. The van der Waals surface area contributed by atoms with Gasteiger partial charge in [-0.3, -0.25) is 9.69 Å². The van der Waals surface area contributed by atoms with Crippen molar-refractivity contribution in [2.75, 3.05) is 31.1 Å². The molecule has 1 amide bonds. The van der Waals surface area contributed by atoms with Crippen molar-refractivity contribution in [3.05, 3.63) is 98.8 Å². The van der Waals surface area contributed by atoms with Gasteiger partial charge in [-0.2, -0.15) is 0 Å². The van der Waals surface area contributed by atoms with Crippen molar-refractivity contribution in [3.63, 3.8) is 0 Å². The predicted octanol–water partition coefficient (Wildman–Crippen LogP) is 7.05. The van der Waals surface area contributed by atoms with Gasteiger partial charge in [0.05, 0.1) is 0 Å². The van der Waals surface area contributed by atoms with Crippen molar-refractivity contribution in [1.82, 2.24) is 9.88 Å². The summed E-state index contributed by atoms with van der Waals surface area (Å²) in [6.45, 7) is 2.67. The molecule has 35 heavy (non-hydrogen) atoms. The van der Waals surface area contributed by atoms with Gasteiger partial charge in [-0.1, -0.05) is 46.9 Å². The van der Waals surface area contributed by atoms with Gasteiger partial charge in [0, 0.05) is 51.6 Å². The molecule has 0 N–H and O–H groups in total. The third-order valence-electron chi connectivity index (χ3n) is 6.96. The summed E-state index contributed by atoms with van der Waals surface area (Å²) in [7, 11) is 0. The molecular formula is C27H23Cl3FN3O. The summed E-state index contributed by atoms with van der Waals surface area (Å²) in [5.41, 5.74) is 2.81. The SMILES string of the molecule is O=C(c1ccnc(Cl)c1)N1CC2(CCN(C/C=C(\F)c3ccc(Cl)cc3)CC2)c2cc(Cl)ccc21. The highest BCUT2D eigenvalue weighted by Gasteiger charge is 2.46. The lowest BCUT2D eigenvalue weighted by molar-refractivity contribution is 0.0977. The Kier molecular flexibility index (Phi) is 6.86. The average Bonchev–Trinajstić information content (AvgIpc) is 3.16. The summed E-state index contributed by atoms with van der Waals surface area (Å²) < 4.78 is 14.6. The smallest absolute Gasteiger partial charge is 0.258 e. The van der Waals surface area contributed by atoms with Crippen LogP contribution in [0.1, 0.15) is 34.3 Å². The van der Waals surface area contributed by atoms with Gasteiger partial charge in [0.25, 0.3) is 5.91 Å². The fourth-order valence-electron chi connectivity index (χ4n) is 5.04. The van der Waals surface area contributed by atoms with Crippen LogP contribution in [0, 0.1) is 0 Å². The first-order valence-corrected chi connectivity index (χ1v) is 12.6. The summed E-state index contributed by atoms with van der Waals surface area (Å²) in [6.07, 6.45) is 4.85. The molecule has 1 aromatic heterocycles. The Morgan fingerprint density at radius 1 is 0.971 bits per heavy atom. The van der Waals surface area contributed by atoms with Gasteiger partial charge in [0.2, 0.25) is 0 Å². The summed E-state index contributed by atoms with van der Waals surface area (Å²) in [5, 5.41) is 1.52. The second kappa shape index (κ2) is 9.90. The minimum absolute atomic E-state index is 0.106. The zero-order valence-electron chi connectivity index (χ0n) is 18.9. The van der Waals surface area contributed by atoms with E-state index in [1.54, 1.807) is 48.7 Å². The summed E-state index contributed by atoms with van der Waals surface area (Å²) in [6, 6.07) is 15.7. The maximum absolute atomic E-state index is 14.6. The summed E-state index contributed by atoms with van der Waals surface area (Å²) >= 11 is 18.3. The minimum atomic E-state index is -0.257. The Hall–Kier alpha value is -2.44. The Bertz CT molecular complexity index is 1290. The quantitative estimate of drug-likeness (QED) is 0.339. The van der Waals surface area contributed by atoms with Crippen LogP contribution in [0.5, 0.6) is 0 Å². The highest BCUT2D eigenvalue weighted by atomic mass is 35.5. The molecule has 2 aliphatic heterocycles. The largest absolute Gasteiger partial charge is 0.307 e. The standard InChI is InChI=1S/C27H23Cl3FN3O/c28-20-3-1-18(2-4-20)23(31)8-12-33-13-9-27(10-14-33)17-34(24-6-5-21(29)16-22(24)27)26(35)19-7-11-32-25(30)15-19/h1-8,11,15-16H,9-10,12-14,17H2/b23-8-. The third kappa shape index (κ3) is 4.96. The van der Waals surface area contributed by atoms with Crippen LogP contribution in [0.4, 0.5) is 10.1 Å². The number of fused-ring (bicyclic) bond motifs is 2. The van der Waals surface area contributed by atoms with Crippen molar-refractivity contribution in [1.29, 1.82) is 0 Å². The van der Waals surface area contributed by atoms with Gasteiger partial charge in [-0.25, -0.2) is 9.37 Å². The summed E-state index contributed by atoms with van der Waals surface area (Å²) in [5.74, 6) is -0.363. The zero-order valence-corrected chi connectivity index (χ0v) is 21.1. The molecule has 3 heterocycles. The van der Waals surface area contributed by atoms with E-state index in [2.05, 4.69) is 9.88 Å². The molecule has 3 aromatic rings. The van der Waals surface area contributed by atoms with Crippen LogP contribution in [0.25, 0.3) is 5.83 Å². The Morgan fingerprint density at radius 2 is 1.69 bits per heavy atom. The van der Waals surface area contributed by atoms with E-state index in [9.17, 15) is 9.18 Å². The normalized spacial score (nSPS) is 17.6. The van der Waals surface area contributed by atoms with Gasteiger partial charge >= 0.3 is 0 Å². The first-order chi connectivity index (χ1) is 16.8. The van der Waals surface area contributed by atoms with E-state index in [1.165, 1.54) is 0 Å². The van der Waals surface area contributed by atoms with Crippen LogP contribution < -0.4 is 4.90 Å². The third-order valence-corrected chi connectivity index (χ3v) is 7.66. The number of nitrogens with zero attached hydrogens (tertiary/aromatic N) is 3. The molecule has 0 aliphatic carbocycles. The molecule has 180 valence electrons. The van der Waals surface area contributed by atoms with Crippen LogP contribution in [-0.4, -0.2) is 42.0 Å². The number of amides is 1. The molecule has 0 atom stereocenters. The maximum atomic E-state index is 14.6. The first-order valence-electron chi connectivity index (χ1n) is 11.4. The molecule has 8 heteroatoms. The van der Waals surface area contributed by atoms with E-state index in [0.29, 0.717) is 34.3 Å². The van der Waals surface area contributed by atoms with E-state index in [-0.39, 0.29) is 22.3 Å². The number of hydrogen-bond donors (Lipinski definition) is 0. The predicted molar refractivity (Wildman–Crippen MR) is 140 cm³/mol. The molecule has 0 radical (unpaired) electrons. The number of carbonyl (C=O) groups excluding carboxylic acids is 1. The Balaban J connectivity index is 1.33. The number of halogens is 4. The molecule has 2 aliphatic rings. The number of piperidine rings is 1. The molecule has 5 rings (SSSR count). The van der Waals surface area contributed by atoms with Gasteiger partial charge < -0.3 is 4.90 Å². The fourth-order valence-corrected chi connectivity index (χ4v) is 5.51. The lowest BCUT2D eigenvalue weighted by atomic mass is 9.74. The van der Waals surface area contributed by atoms with Crippen LogP contribution in [0.2, 0.25) is 15.2 Å². The molecule has 1 saturated heterocycles.